The first-order valence-electron chi connectivity index (χ1n) is 10.7. The smallest absolute Gasteiger partial charge is 0.342 e. The topological polar surface area (TPSA) is 57.7 Å². The molecule has 1 saturated carbocycles. The molecule has 0 bridgehead atoms. The van der Waals surface area contributed by atoms with E-state index < -0.39 is 44.9 Å². The maximum absolute atomic E-state index is 13.3. The van der Waals surface area contributed by atoms with Crippen LogP contribution >= 0.6 is 0 Å². The second kappa shape index (κ2) is 10.2. The Bertz CT molecular complexity index is 1070. The number of alkyl halides is 3. The summed E-state index contributed by atoms with van der Waals surface area (Å²) in [7, 11) is -2.84. The molecular weight excluding hydrogens is 460 g/mol. The summed E-state index contributed by atoms with van der Waals surface area (Å²) in [5, 5.41) is 0. The normalized spacial score (nSPS) is 15.6. The third kappa shape index (κ3) is 6.32. The van der Waals surface area contributed by atoms with Gasteiger partial charge in [0.25, 0.3) is 0 Å². The van der Waals surface area contributed by atoms with E-state index in [1.54, 1.807) is 7.05 Å². The molecule has 180 valence electrons. The molecule has 1 amide bonds. The molecule has 5 nitrogen and oxygen atoms in total. The second-order valence-electron chi connectivity index (χ2n) is 8.22. The molecule has 0 spiro atoms. The van der Waals surface area contributed by atoms with E-state index in [0.717, 1.165) is 66.7 Å². The van der Waals surface area contributed by atoms with Gasteiger partial charge in [-0.3, -0.25) is 4.79 Å². The zero-order valence-electron chi connectivity index (χ0n) is 18.2. The summed E-state index contributed by atoms with van der Waals surface area (Å²) < 4.78 is 80.3. The maximum atomic E-state index is 13.3. The number of halogens is 4. The van der Waals surface area contributed by atoms with Crippen LogP contribution in [0.25, 0.3) is 0 Å². The third-order valence-electron chi connectivity index (χ3n) is 5.90. The molecular formula is C23H26F4N2O3S. The first-order valence-corrected chi connectivity index (χ1v) is 12.1. The van der Waals surface area contributed by atoms with Gasteiger partial charge >= 0.3 is 6.18 Å². The lowest BCUT2D eigenvalue weighted by Gasteiger charge is -2.33. The third-order valence-corrected chi connectivity index (χ3v) is 7.69. The average molecular weight is 487 g/mol. The van der Waals surface area contributed by atoms with E-state index in [9.17, 15) is 30.8 Å². The van der Waals surface area contributed by atoms with E-state index in [1.807, 2.05) is 0 Å². The van der Waals surface area contributed by atoms with Gasteiger partial charge in [-0.1, -0.05) is 37.5 Å². The first kappa shape index (κ1) is 25.2. The van der Waals surface area contributed by atoms with E-state index in [4.69, 9.17) is 0 Å². The minimum Gasteiger partial charge on any atom is -0.342 e. The molecule has 1 aliphatic carbocycles. The number of carbonyl (C=O) groups is 1. The fourth-order valence-corrected chi connectivity index (χ4v) is 5.36. The number of benzene rings is 2. The number of sulfonamides is 1. The van der Waals surface area contributed by atoms with Gasteiger partial charge in [-0.05, 0) is 48.7 Å². The van der Waals surface area contributed by atoms with Crippen molar-refractivity contribution in [3.63, 3.8) is 0 Å². The minimum atomic E-state index is -4.72. The summed E-state index contributed by atoms with van der Waals surface area (Å²) in [6.07, 6.45) is -0.0428. The quantitative estimate of drug-likeness (QED) is 0.527. The Hall–Kier alpha value is -2.46. The van der Waals surface area contributed by atoms with Crippen molar-refractivity contribution in [1.82, 2.24) is 9.21 Å². The van der Waals surface area contributed by atoms with Crippen molar-refractivity contribution in [3.8, 4) is 0 Å². The summed E-state index contributed by atoms with van der Waals surface area (Å²) in [5.74, 6) is -0.960. The van der Waals surface area contributed by atoms with Crippen molar-refractivity contribution in [1.29, 1.82) is 0 Å². The Labute approximate surface area is 191 Å². The van der Waals surface area contributed by atoms with Gasteiger partial charge < -0.3 is 4.90 Å². The summed E-state index contributed by atoms with van der Waals surface area (Å²) in [6.45, 7) is -0.827. The fraction of sp³-hybridized carbons (Fsp3) is 0.435. The molecule has 1 aliphatic rings. The van der Waals surface area contributed by atoms with Crippen LogP contribution in [0.3, 0.4) is 0 Å². The largest absolute Gasteiger partial charge is 0.416 e. The number of carbonyl (C=O) groups excluding carboxylic acids is 1. The molecule has 0 heterocycles. The zero-order valence-corrected chi connectivity index (χ0v) is 19.0. The van der Waals surface area contributed by atoms with E-state index in [2.05, 4.69) is 0 Å². The van der Waals surface area contributed by atoms with E-state index in [0.29, 0.717) is 11.6 Å². The first-order chi connectivity index (χ1) is 15.5. The van der Waals surface area contributed by atoms with Crippen LogP contribution in [-0.4, -0.2) is 43.2 Å². The van der Waals surface area contributed by atoms with E-state index in [-0.39, 0.29) is 12.6 Å². The van der Waals surface area contributed by atoms with Crippen LogP contribution < -0.4 is 0 Å². The highest BCUT2D eigenvalue weighted by Gasteiger charge is 2.34. The van der Waals surface area contributed by atoms with Crippen LogP contribution in [0.5, 0.6) is 0 Å². The van der Waals surface area contributed by atoms with Gasteiger partial charge in [-0.15, -0.1) is 0 Å². The Morgan fingerprint density at radius 3 is 2.27 bits per heavy atom. The molecule has 0 aromatic heterocycles. The van der Waals surface area contributed by atoms with Crippen LogP contribution in [0.1, 0.15) is 43.2 Å². The molecule has 0 saturated heterocycles. The van der Waals surface area contributed by atoms with Crippen LogP contribution in [0.2, 0.25) is 0 Å². The van der Waals surface area contributed by atoms with Crippen molar-refractivity contribution in [3.05, 3.63) is 65.5 Å². The molecule has 0 radical (unpaired) electrons. The molecule has 2 aromatic rings. The molecule has 0 atom stereocenters. The fourth-order valence-electron chi connectivity index (χ4n) is 3.94. The highest BCUT2D eigenvalue weighted by molar-refractivity contribution is 7.89. The predicted octanol–water partition coefficient (Wildman–Crippen LogP) is 4.83. The molecule has 3 rings (SSSR count). The number of amides is 1. The van der Waals surface area contributed by atoms with Gasteiger partial charge in [0.15, 0.2) is 0 Å². The Kier molecular flexibility index (Phi) is 7.79. The zero-order chi connectivity index (χ0) is 24.2. The Balaban J connectivity index is 1.92. The minimum absolute atomic E-state index is 0.00446. The van der Waals surface area contributed by atoms with Gasteiger partial charge in [-0.25, -0.2) is 12.8 Å². The Morgan fingerprint density at radius 1 is 1.03 bits per heavy atom. The highest BCUT2D eigenvalue weighted by atomic mass is 32.2. The second-order valence-corrected chi connectivity index (χ2v) is 10.2. The van der Waals surface area contributed by atoms with Crippen molar-refractivity contribution in [2.24, 2.45) is 0 Å². The van der Waals surface area contributed by atoms with Crippen molar-refractivity contribution < 1.29 is 30.8 Å². The van der Waals surface area contributed by atoms with Gasteiger partial charge in [0.05, 0.1) is 17.0 Å². The lowest BCUT2D eigenvalue weighted by Crippen LogP contribution is -2.45. The number of hydrogen-bond donors (Lipinski definition) is 0. The van der Waals surface area contributed by atoms with Gasteiger partial charge in [-0.2, -0.15) is 17.5 Å². The van der Waals surface area contributed by atoms with Crippen LogP contribution in [0, 0.1) is 5.82 Å². The Morgan fingerprint density at radius 2 is 1.67 bits per heavy atom. The van der Waals surface area contributed by atoms with E-state index in [1.165, 1.54) is 17.0 Å². The molecule has 1 fully saturated rings. The van der Waals surface area contributed by atoms with Crippen molar-refractivity contribution >= 4 is 15.9 Å². The monoisotopic (exact) mass is 486 g/mol. The number of likely N-dealkylation sites (N-methyl/N-ethyl adjacent to an activating group) is 1. The number of nitrogens with zero attached hydrogens (tertiary/aromatic N) is 2. The van der Waals surface area contributed by atoms with Gasteiger partial charge in [0, 0.05) is 19.6 Å². The lowest BCUT2D eigenvalue weighted by atomic mass is 9.94. The van der Waals surface area contributed by atoms with E-state index >= 15 is 0 Å². The molecule has 0 aliphatic heterocycles. The number of hydrogen-bond acceptors (Lipinski definition) is 3. The number of rotatable bonds is 7. The average Bonchev–Trinajstić information content (AvgIpc) is 2.79. The summed E-state index contributed by atoms with van der Waals surface area (Å²) >= 11 is 0. The molecule has 0 unspecified atom stereocenters. The van der Waals surface area contributed by atoms with Crippen LogP contribution in [0.15, 0.2) is 53.4 Å². The summed E-state index contributed by atoms with van der Waals surface area (Å²) in [4.78, 5) is 13.9. The summed E-state index contributed by atoms with van der Waals surface area (Å²) in [5.41, 5.74) is -0.698. The molecule has 33 heavy (non-hydrogen) atoms. The lowest BCUT2D eigenvalue weighted by molar-refractivity contribution is -0.137. The molecule has 2 aromatic carbocycles. The SMILES string of the molecule is CN(C(=O)CN(Cc1ccc(F)cc1)S(=O)(=O)c1cccc(C(F)(F)F)c1)C1CCCCC1. The maximum Gasteiger partial charge on any atom is 0.416 e. The standard InChI is InChI=1S/C23H26F4N2O3S/c1-28(20-7-3-2-4-8-20)22(30)16-29(15-17-10-12-19(24)13-11-17)33(31,32)21-9-5-6-18(14-21)23(25,26)27/h5-6,9-14,20H,2-4,7-8,15-16H2,1H3. The van der Waals surface area contributed by atoms with Crippen LogP contribution in [0.4, 0.5) is 17.6 Å². The van der Waals surface area contributed by atoms with Crippen LogP contribution in [-0.2, 0) is 27.5 Å². The van der Waals surface area contributed by atoms with Crippen molar-refractivity contribution in [2.75, 3.05) is 13.6 Å². The predicted molar refractivity (Wildman–Crippen MR) is 115 cm³/mol. The summed E-state index contributed by atoms with van der Waals surface area (Å²) in [6, 6.07) is 8.47. The molecule has 0 N–H and O–H groups in total. The molecule has 10 heteroatoms. The van der Waals surface area contributed by atoms with Crippen molar-refractivity contribution in [2.45, 2.75) is 55.8 Å². The highest BCUT2D eigenvalue weighted by Crippen LogP contribution is 2.31. The van der Waals surface area contributed by atoms with Gasteiger partial charge in [0.1, 0.15) is 5.82 Å². The van der Waals surface area contributed by atoms with Gasteiger partial charge in [0.2, 0.25) is 15.9 Å².